The molecule has 0 aliphatic carbocycles. The van der Waals surface area contributed by atoms with Crippen LogP contribution in [0.25, 0.3) is 6.08 Å². The summed E-state index contributed by atoms with van der Waals surface area (Å²) in [5.74, 6) is -0.0492. The highest BCUT2D eigenvalue weighted by Gasteiger charge is 1.99. The van der Waals surface area contributed by atoms with Crippen LogP contribution in [0.15, 0.2) is 15.5 Å². The first-order valence-corrected chi connectivity index (χ1v) is 3.20. The smallest absolute Gasteiger partial charge is 0.284 e. The van der Waals surface area contributed by atoms with Gasteiger partial charge in [0.1, 0.15) is 5.36 Å². The topological polar surface area (TPSA) is 45.7 Å². The fourth-order valence-electron chi connectivity index (χ4n) is 1.03. The largest absolute Gasteiger partial charge is 0.481 e. The normalized spacial score (nSPS) is 15.2. The summed E-state index contributed by atoms with van der Waals surface area (Å²) in [6.07, 6.45) is 2.84. The lowest BCUT2D eigenvalue weighted by Gasteiger charge is -1.89. The molecule has 0 saturated carbocycles. The van der Waals surface area contributed by atoms with Gasteiger partial charge in [-0.1, -0.05) is 0 Å². The zero-order valence-electron chi connectivity index (χ0n) is 5.37. The summed E-state index contributed by atoms with van der Waals surface area (Å²) in [7, 11) is 0. The quantitative estimate of drug-likeness (QED) is 0.537. The van der Waals surface area contributed by atoms with Crippen LogP contribution in [0.3, 0.4) is 0 Å². The molecule has 0 fully saturated rings. The zero-order chi connectivity index (χ0) is 6.97. The second-order valence-corrected chi connectivity index (χ2v) is 2.21. The number of furan rings is 1. The Morgan fingerprint density at radius 3 is 3.30 bits per heavy atom. The summed E-state index contributed by atoms with van der Waals surface area (Å²) in [5, 5.41) is 9.64. The molecule has 1 aliphatic rings. The summed E-state index contributed by atoms with van der Waals surface area (Å²) in [4.78, 5) is 4.13. The molecule has 1 aromatic rings. The van der Waals surface area contributed by atoms with Crippen LogP contribution in [-0.2, 0) is 0 Å². The van der Waals surface area contributed by atoms with Gasteiger partial charge in [-0.25, -0.2) is 0 Å². The van der Waals surface area contributed by atoms with Gasteiger partial charge in [0.15, 0.2) is 5.42 Å². The van der Waals surface area contributed by atoms with Crippen LogP contribution in [0.5, 0.6) is 5.95 Å². The van der Waals surface area contributed by atoms with E-state index in [0.717, 1.165) is 18.3 Å². The van der Waals surface area contributed by atoms with Crippen molar-refractivity contribution < 1.29 is 9.52 Å². The number of fused-ring (bicyclic) bond motifs is 1. The minimum atomic E-state index is -0.0492. The monoisotopic (exact) mass is 137 g/mol. The molecule has 0 saturated heterocycles. The Morgan fingerprint density at radius 1 is 1.60 bits per heavy atom. The lowest BCUT2D eigenvalue weighted by atomic mass is 10.3. The molecule has 0 bridgehead atoms. The zero-order valence-corrected chi connectivity index (χ0v) is 5.37. The van der Waals surface area contributed by atoms with E-state index in [1.165, 1.54) is 6.07 Å². The van der Waals surface area contributed by atoms with Gasteiger partial charge in [0.05, 0.1) is 0 Å². The first-order valence-electron chi connectivity index (χ1n) is 3.20. The molecule has 0 radical (unpaired) electrons. The molecule has 0 atom stereocenters. The molecule has 1 N–H and O–H groups in total. The lowest BCUT2D eigenvalue weighted by molar-refractivity contribution is 0.321. The predicted molar refractivity (Wildman–Crippen MR) is 35.1 cm³/mol. The second kappa shape index (κ2) is 1.87. The van der Waals surface area contributed by atoms with Crippen molar-refractivity contribution in [3.05, 3.63) is 16.8 Å². The summed E-state index contributed by atoms with van der Waals surface area (Å²) in [6.45, 7) is 0.798. The van der Waals surface area contributed by atoms with Crippen molar-refractivity contribution in [3.63, 3.8) is 0 Å². The molecule has 2 heterocycles. The van der Waals surface area contributed by atoms with Crippen LogP contribution in [0.2, 0.25) is 0 Å². The molecule has 52 valence electrons. The standard InChI is InChI=1S/C7H7NO2/c9-7-4-5-6(10-7)2-1-3-8-5/h2,4,9H,1,3H2. The highest BCUT2D eigenvalue weighted by atomic mass is 16.5. The maximum absolute atomic E-state index is 8.88. The Bertz CT molecular complexity index is 317. The van der Waals surface area contributed by atoms with E-state index >= 15 is 0 Å². The van der Waals surface area contributed by atoms with Crippen molar-refractivity contribution in [3.8, 4) is 5.95 Å². The van der Waals surface area contributed by atoms with E-state index in [-0.39, 0.29) is 5.95 Å². The van der Waals surface area contributed by atoms with Gasteiger partial charge in [0.25, 0.3) is 5.95 Å². The minimum Gasteiger partial charge on any atom is -0.481 e. The molecule has 0 unspecified atom stereocenters. The Morgan fingerprint density at radius 2 is 2.50 bits per heavy atom. The molecule has 1 aliphatic heterocycles. The Kier molecular flexibility index (Phi) is 1.03. The molecule has 0 aromatic carbocycles. The molecule has 0 spiro atoms. The van der Waals surface area contributed by atoms with E-state index in [0.29, 0.717) is 5.42 Å². The van der Waals surface area contributed by atoms with E-state index < -0.39 is 0 Å². The Labute approximate surface area is 57.3 Å². The Hall–Kier alpha value is -1.25. The number of aromatic hydroxyl groups is 1. The van der Waals surface area contributed by atoms with Crippen LogP contribution in [0.4, 0.5) is 0 Å². The molecular weight excluding hydrogens is 130 g/mol. The van der Waals surface area contributed by atoms with Gasteiger partial charge in [0.2, 0.25) is 0 Å². The average molecular weight is 137 g/mol. The second-order valence-electron chi connectivity index (χ2n) is 2.21. The third-order valence-electron chi connectivity index (χ3n) is 1.47. The maximum Gasteiger partial charge on any atom is 0.284 e. The van der Waals surface area contributed by atoms with E-state index in [9.17, 15) is 0 Å². The maximum atomic E-state index is 8.88. The molecule has 3 heteroatoms. The molecule has 10 heavy (non-hydrogen) atoms. The van der Waals surface area contributed by atoms with Gasteiger partial charge in [-0.2, -0.15) is 0 Å². The molecule has 0 amide bonds. The van der Waals surface area contributed by atoms with Crippen molar-refractivity contribution in [2.24, 2.45) is 4.99 Å². The lowest BCUT2D eigenvalue weighted by Crippen LogP contribution is -2.23. The molecular formula is C7H7NO2. The number of nitrogens with zero attached hydrogens (tertiary/aromatic N) is 1. The average Bonchev–Trinajstić information content (AvgIpc) is 2.27. The van der Waals surface area contributed by atoms with Gasteiger partial charge < -0.3 is 9.52 Å². The van der Waals surface area contributed by atoms with Crippen molar-refractivity contribution in [1.29, 1.82) is 0 Å². The van der Waals surface area contributed by atoms with Crippen LogP contribution in [0.1, 0.15) is 6.42 Å². The van der Waals surface area contributed by atoms with E-state index in [1.807, 2.05) is 6.08 Å². The number of rotatable bonds is 0. The first-order chi connectivity index (χ1) is 4.86. The summed E-state index contributed by atoms with van der Waals surface area (Å²) in [5.41, 5.74) is 0.698. The predicted octanol–water partition coefficient (Wildman–Crippen LogP) is -0.211. The fourth-order valence-corrected chi connectivity index (χ4v) is 1.03. The van der Waals surface area contributed by atoms with Crippen LogP contribution in [0, 0.1) is 0 Å². The highest BCUT2D eigenvalue weighted by Crippen LogP contribution is 1.99. The molecule has 2 rings (SSSR count). The third kappa shape index (κ3) is 0.708. The van der Waals surface area contributed by atoms with Crippen molar-refractivity contribution in [2.45, 2.75) is 6.42 Å². The summed E-state index contributed by atoms with van der Waals surface area (Å²) in [6, 6.07) is 1.53. The molecule has 3 nitrogen and oxygen atoms in total. The van der Waals surface area contributed by atoms with E-state index in [4.69, 9.17) is 9.52 Å². The van der Waals surface area contributed by atoms with Gasteiger partial charge >= 0.3 is 0 Å². The van der Waals surface area contributed by atoms with Gasteiger partial charge in [-0.3, -0.25) is 4.99 Å². The fraction of sp³-hybridized carbons (Fsp3) is 0.286. The third-order valence-corrected chi connectivity index (χ3v) is 1.47. The summed E-state index contributed by atoms with van der Waals surface area (Å²) < 4.78 is 4.91. The van der Waals surface area contributed by atoms with Crippen molar-refractivity contribution in [1.82, 2.24) is 0 Å². The van der Waals surface area contributed by atoms with Gasteiger partial charge in [-0.15, -0.1) is 0 Å². The van der Waals surface area contributed by atoms with Gasteiger partial charge in [0, 0.05) is 12.6 Å². The van der Waals surface area contributed by atoms with Crippen molar-refractivity contribution in [2.75, 3.05) is 6.54 Å². The summed E-state index contributed by atoms with van der Waals surface area (Å²) >= 11 is 0. The number of hydrogen-bond donors (Lipinski definition) is 1. The van der Waals surface area contributed by atoms with Crippen molar-refractivity contribution >= 4 is 6.08 Å². The van der Waals surface area contributed by atoms with Gasteiger partial charge in [-0.05, 0) is 12.5 Å². The molecule has 1 aromatic heterocycles. The van der Waals surface area contributed by atoms with Crippen LogP contribution >= 0.6 is 0 Å². The first kappa shape index (κ1) is 5.53. The van der Waals surface area contributed by atoms with E-state index in [2.05, 4.69) is 4.99 Å². The SMILES string of the molecule is Oc1cc2c(o1)=CCCN=2. The minimum absolute atomic E-state index is 0.0492. The van der Waals surface area contributed by atoms with Crippen LogP contribution < -0.4 is 10.8 Å². The van der Waals surface area contributed by atoms with Crippen LogP contribution in [-0.4, -0.2) is 11.7 Å². The Balaban J connectivity index is 2.83. The van der Waals surface area contributed by atoms with E-state index in [1.54, 1.807) is 0 Å². The highest BCUT2D eigenvalue weighted by molar-refractivity contribution is 5.21. The number of hydrogen-bond acceptors (Lipinski definition) is 3.